The van der Waals surface area contributed by atoms with E-state index < -0.39 is 0 Å². The van der Waals surface area contributed by atoms with Crippen molar-refractivity contribution in [3.05, 3.63) is 71.2 Å². The first-order valence-corrected chi connectivity index (χ1v) is 8.02. The third-order valence-electron chi connectivity index (χ3n) is 3.06. The first kappa shape index (κ1) is 15.9. The van der Waals surface area contributed by atoms with Crippen LogP contribution in [0.3, 0.4) is 0 Å². The summed E-state index contributed by atoms with van der Waals surface area (Å²) in [5.74, 6) is -0.557. The standard InChI is InChI=1S/C17H13FN4OS/c18-13-6-4-12(5-7-13)17-21-15(11-24-17)9-16(23)22-20-10-14-3-1-2-8-19-14/h1-8,10-11H,9H2,(H,22,23)/b20-10-. The SMILES string of the molecule is O=C(Cc1csc(-c2ccc(F)cc2)n1)N/N=C\c1ccccn1. The van der Waals surface area contributed by atoms with Crippen LogP contribution in [0.2, 0.25) is 0 Å². The lowest BCUT2D eigenvalue weighted by atomic mass is 10.2. The third-order valence-corrected chi connectivity index (χ3v) is 4.00. The number of benzene rings is 1. The van der Waals surface area contributed by atoms with Gasteiger partial charge in [-0.3, -0.25) is 9.78 Å². The number of aromatic nitrogens is 2. The molecule has 2 aromatic heterocycles. The van der Waals surface area contributed by atoms with Crippen LogP contribution in [-0.4, -0.2) is 22.1 Å². The largest absolute Gasteiger partial charge is 0.273 e. The van der Waals surface area contributed by atoms with E-state index in [9.17, 15) is 9.18 Å². The Morgan fingerprint density at radius 1 is 1.25 bits per heavy atom. The van der Waals surface area contributed by atoms with Gasteiger partial charge in [0.05, 0.1) is 24.0 Å². The second-order valence-corrected chi connectivity index (χ2v) is 5.73. The van der Waals surface area contributed by atoms with Crippen LogP contribution in [0.15, 0.2) is 59.1 Å². The summed E-state index contributed by atoms with van der Waals surface area (Å²) >= 11 is 1.41. The number of halogens is 1. The van der Waals surface area contributed by atoms with Crippen LogP contribution in [-0.2, 0) is 11.2 Å². The van der Waals surface area contributed by atoms with Crippen LogP contribution in [0, 0.1) is 5.82 Å². The average Bonchev–Trinajstić information content (AvgIpc) is 3.05. The third kappa shape index (κ3) is 4.30. The number of hydrogen-bond donors (Lipinski definition) is 1. The lowest BCUT2D eigenvalue weighted by molar-refractivity contribution is -0.120. The highest BCUT2D eigenvalue weighted by Gasteiger charge is 2.08. The van der Waals surface area contributed by atoms with Crippen LogP contribution in [0.1, 0.15) is 11.4 Å². The minimum atomic E-state index is -0.291. The molecule has 0 bridgehead atoms. The van der Waals surface area contributed by atoms with E-state index >= 15 is 0 Å². The zero-order chi connectivity index (χ0) is 16.8. The highest BCUT2D eigenvalue weighted by Crippen LogP contribution is 2.23. The van der Waals surface area contributed by atoms with Crippen molar-refractivity contribution in [2.24, 2.45) is 5.10 Å². The van der Waals surface area contributed by atoms with E-state index in [-0.39, 0.29) is 18.1 Å². The summed E-state index contributed by atoms with van der Waals surface area (Å²) < 4.78 is 12.9. The fourth-order valence-corrected chi connectivity index (χ4v) is 2.77. The van der Waals surface area contributed by atoms with Crippen molar-refractivity contribution in [1.82, 2.24) is 15.4 Å². The van der Waals surface area contributed by atoms with Crippen LogP contribution in [0.5, 0.6) is 0 Å². The van der Waals surface area contributed by atoms with Gasteiger partial charge in [0, 0.05) is 17.1 Å². The molecular weight excluding hydrogens is 327 g/mol. The van der Waals surface area contributed by atoms with Gasteiger partial charge >= 0.3 is 0 Å². The molecule has 0 radical (unpaired) electrons. The molecule has 0 atom stereocenters. The Labute approximate surface area is 141 Å². The molecule has 2 heterocycles. The molecule has 0 saturated carbocycles. The molecule has 1 amide bonds. The van der Waals surface area contributed by atoms with Crippen LogP contribution in [0.4, 0.5) is 4.39 Å². The van der Waals surface area contributed by atoms with Crippen molar-refractivity contribution in [3.8, 4) is 10.6 Å². The van der Waals surface area contributed by atoms with Gasteiger partial charge in [0.25, 0.3) is 0 Å². The number of rotatable bonds is 5. The second kappa shape index (κ2) is 7.56. The molecule has 0 aliphatic carbocycles. The molecule has 3 rings (SSSR count). The van der Waals surface area contributed by atoms with Crippen molar-refractivity contribution in [2.45, 2.75) is 6.42 Å². The smallest absolute Gasteiger partial charge is 0.246 e. The van der Waals surface area contributed by atoms with Gasteiger partial charge in [-0.15, -0.1) is 11.3 Å². The van der Waals surface area contributed by atoms with E-state index in [4.69, 9.17) is 0 Å². The van der Waals surface area contributed by atoms with Gasteiger partial charge in [0.1, 0.15) is 10.8 Å². The molecule has 7 heteroatoms. The summed E-state index contributed by atoms with van der Waals surface area (Å²) in [5, 5.41) is 6.41. The number of hydrazone groups is 1. The lowest BCUT2D eigenvalue weighted by Gasteiger charge is -1.97. The molecule has 3 aromatic rings. The topological polar surface area (TPSA) is 67.2 Å². The number of pyridine rings is 1. The van der Waals surface area contributed by atoms with E-state index in [1.165, 1.54) is 29.7 Å². The molecule has 0 fully saturated rings. The summed E-state index contributed by atoms with van der Waals surface area (Å²) in [4.78, 5) is 20.3. The Hall–Kier alpha value is -2.93. The fourth-order valence-electron chi connectivity index (χ4n) is 1.94. The minimum Gasteiger partial charge on any atom is -0.273 e. The molecule has 0 saturated heterocycles. The van der Waals surface area contributed by atoms with Gasteiger partial charge in [-0.2, -0.15) is 5.10 Å². The Bertz CT molecular complexity index is 847. The predicted octanol–water partition coefficient (Wildman–Crippen LogP) is 3.04. The average molecular weight is 340 g/mol. The number of carbonyl (C=O) groups is 1. The van der Waals surface area contributed by atoms with Gasteiger partial charge in [0.2, 0.25) is 5.91 Å². The maximum absolute atomic E-state index is 12.9. The monoisotopic (exact) mass is 340 g/mol. The fraction of sp³-hybridized carbons (Fsp3) is 0.0588. The molecular formula is C17H13FN4OS. The first-order chi connectivity index (χ1) is 11.7. The number of nitrogens with zero attached hydrogens (tertiary/aromatic N) is 3. The van der Waals surface area contributed by atoms with E-state index in [0.29, 0.717) is 11.4 Å². The summed E-state index contributed by atoms with van der Waals surface area (Å²) in [5.41, 5.74) is 4.56. The highest BCUT2D eigenvalue weighted by molar-refractivity contribution is 7.13. The number of carbonyl (C=O) groups excluding carboxylic acids is 1. The Morgan fingerprint density at radius 3 is 2.83 bits per heavy atom. The van der Waals surface area contributed by atoms with Crippen LogP contribution < -0.4 is 5.43 Å². The molecule has 24 heavy (non-hydrogen) atoms. The Balaban J connectivity index is 1.57. The number of thiazole rings is 1. The van der Waals surface area contributed by atoms with Crippen molar-refractivity contribution < 1.29 is 9.18 Å². The predicted molar refractivity (Wildman–Crippen MR) is 91.2 cm³/mol. The number of nitrogens with one attached hydrogen (secondary N) is 1. The van der Waals surface area contributed by atoms with E-state index in [1.807, 2.05) is 6.07 Å². The minimum absolute atomic E-state index is 0.122. The van der Waals surface area contributed by atoms with E-state index in [0.717, 1.165) is 10.6 Å². The summed E-state index contributed by atoms with van der Waals surface area (Å²) in [6, 6.07) is 11.5. The van der Waals surface area contributed by atoms with E-state index in [2.05, 4.69) is 20.5 Å². The van der Waals surface area contributed by atoms with E-state index in [1.54, 1.807) is 35.8 Å². The zero-order valence-electron chi connectivity index (χ0n) is 12.5. The molecule has 5 nitrogen and oxygen atoms in total. The lowest BCUT2D eigenvalue weighted by Crippen LogP contribution is -2.20. The van der Waals surface area contributed by atoms with Crippen LogP contribution in [0.25, 0.3) is 10.6 Å². The van der Waals surface area contributed by atoms with Crippen molar-refractivity contribution in [1.29, 1.82) is 0 Å². The van der Waals surface area contributed by atoms with Gasteiger partial charge in [0.15, 0.2) is 0 Å². The van der Waals surface area contributed by atoms with Gasteiger partial charge in [-0.1, -0.05) is 6.07 Å². The molecule has 0 aliphatic heterocycles. The highest BCUT2D eigenvalue weighted by atomic mass is 32.1. The molecule has 1 N–H and O–H groups in total. The summed E-state index contributed by atoms with van der Waals surface area (Å²) in [6.45, 7) is 0. The molecule has 120 valence electrons. The van der Waals surface area contributed by atoms with Crippen molar-refractivity contribution >= 4 is 23.5 Å². The summed E-state index contributed by atoms with van der Waals surface area (Å²) in [6.07, 6.45) is 3.25. The first-order valence-electron chi connectivity index (χ1n) is 7.14. The molecule has 1 aromatic carbocycles. The summed E-state index contributed by atoms with van der Waals surface area (Å²) in [7, 11) is 0. The zero-order valence-corrected chi connectivity index (χ0v) is 13.3. The maximum atomic E-state index is 12.9. The van der Waals surface area contributed by atoms with Crippen molar-refractivity contribution in [2.75, 3.05) is 0 Å². The second-order valence-electron chi connectivity index (χ2n) is 4.88. The Morgan fingerprint density at radius 2 is 2.08 bits per heavy atom. The number of amides is 1. The van der Waals surface area contributed by atoms with Crippen molar-refractivity contribution in [3.63, 3.8) is 0 Å². The Kier molecular flexibility index (Phi) is 5.02. The van der Waals surface area contributed by atoms with Gasteiger partial charge in [-0.25, -0.2) is 14.8 Å². The molecule has 0 spiro atoms. The number of hydrogen-bond acceptors (Lipinski definition) is 5. The quantitative estimate of drug-likeness (QED) is 0.573. The van der Waals surface area contributed by atoms with Crippen LogP contribution >= 0.6 is 11.3 Å². The molecule has 0 aliphatic rings. The maximum Gasteiger partial charge on any atom is 0.246 e. The van der Waals surface area contributed by atoms with Gasteiger partial charge < -0.3 is 0 Å². The normalized spacial score (nSPS) is 10.9. The molecule has 0 unspecified atom stereocenters. The van der Waals surface area contributed by atoms with Gasteiger partial charge in [-0.05, 0) is 36.4 Å².